The monoisotopic (exact) mass is 486 g/mol. The molecule has 3 aromatic carbocycles. The van der Waals surface area contributed by atoms with Crippen LogP contribution in [0.25, 0.3) is 0 Å². The fourth-order valence-electron chi connectivity index (χ4n) is 4.42. The Morgan fingerprint density at radius 3 is 2.33 bits per heavy atom. The maximum absolute atomic E-state index is 13.5. The third kappa shape index (κ3) is 6.32. The van der Waals surface area contributed by atoms with Crippen LogP contribution in [-0.2, 0) is 27.3 Å². The minimum Gasteiger partial charge on any atom is -0.493 e. The number of fused-ring (bicyclic) bond motifs is 1. The molecule has 1 N–H and O–H groups in total. The highest BCUT2D eigenvalue weighted by Crippen LogP contribution is 2.33. The van der Waals surface area contributed by atoms with E-state index in [0.29, 0.717) is 31.7 Å². The fourth-order valence-corrected chi connectivity index (χ4v) is 4.42. The topological polar surface area (TPSA) is 67.9 Å². The van der Waals surface area contributed by atoms with Crippen molar-refractivity contribution in [2.75, 3.05) is 18.5 Å². The molecule has 3 aromatic rings. The highest BCUT2D eigenvalue weighted by atomic mass is 16.5. The second-order valence-corrected chi connectivity index (χ2v) is 9.97. The summed E-state index contributed by atoms with van der Waals surface area (Å²) in [7, 11) is 0. The summed E-state index contributed by atoms with van der Waals surface area (Å²) >= 11 is 0. The zero-order valence-electron chi connectivity index (χ0n) is 21.2. The van der Waals surface area contributed by atoms with E-state index in [-0.39, 0.29) is 24.0 Å². The van der Waals surface area contributed by atoms with E-state index < -0.39 is 6.04 Å². The zero-order chi connectivity index (χ0) is 25.5. The third-order valence-corrected chi connectivity index (χ3v) is 6.24. The Bertz CT molecular complexity index is 1170. The van der Waals surface area contributed by atoms with Crippen LogP contribution in [0.5, 0.6) is 5.75 Å². The second-order valence-electron chi connectivity index (χ2n) is 9.97. The van der Waals surface area contributed by atoms with Gasteiger partial charge in [0.05, 0.1) is 19.6 Å². The number of rotatable bonds is 10. The summed E-state index contributed by atoms with van der Waals surface area (Å²) in [6.07, 6.45) is 0.871. The summed E-state index contributed by atoms with van der Waals surface area (Å²) in [6.45, 7) is 7.60. The molecule has 36 heavy (non-hydrogen) atoms. The molecule has 6 heteroatoms. The minimum absolute atomic E-state index is 0.0270. The molecule has 1 aliphatic heterocycles. The van der Waals surface area contributed by atoms with Crippen molar-refractivity contribution in [2.45, 2.75) is 51.7 Å². The predicted molar refractivity (Wildman–Crippen MR) is 141 cm³/mol. The molecule has 0 saturated carbocycles. The number of nitrogens with zero attached hydrogens (tertiary/aromatic N) is 1. The number of nitrogens with one attached hydrogen (secondary N) is 1. The van der Waals surface area contributed by atoms with Gasteiger partial charge in [0.1, 0.15) is 11.8 Å². The first-order valence-electron chi connectivity index (χ1n) is 12.4. The number of carbonyl (C=O) groups excluding carboxylic acids is 2. The van der Waals surface area contributed by atoms with Gasteiger partial charge in [-0.2, -0.15) is 0 Å². The van der Waals surface area contributed by atoms with Crippen molar-refractivity contribution in [3.63, 3.8) is 0 Å². The first-order valence-corrected chi connectivity index (χ1v) is 12.4. The van der Waals surface area contributed by atoms with Crippen LogP contribution < -0.4 is 10.1 Å². The summed E-state index contributed by atoms with van der Waals surface area (Å²) in [5.74, 6) is 0.393. The van der Waals surface area contributed by atoms with Crippen molar-refractivity contribution < 1.29 is 19.1 Å². The Morgan fingerprint density at radius 2 is 1.64 bits per heavy atom. The number of anilines is 1. The summed E-state index contributed by atoms with van der Waals surface area (Å²) in [5, 5.41) is 2.83. The Morgan fingerprint density at radius 1 is 0.944 bits per heavy atom. The van der Waals surface area contributed by atoms with E-state index in [0.717, 1.165) is 22.4 Å². The van der Waals surface area contributed by atoms with Crippen molar-refractivity contribution in [3.8, 4) is 5.75 Å². The van der Waals surface area contributed by atoms with Crippen LogP contribution in [0.15, 0.2) is 78.9 Å². The van der Waals surface area contributed by atoms with Crippen molar-refractivity contribution >= 4 is 17.6 Å². The van der Waals surface area contributed by atoms with Crippen LogP contribution in [0.4, 0.5) is 5.69 Å². The second kappa shape index (κ2) is 11.4. The van der Waals surface area contributed by atoms with Crippen molar-refractivity contribution in [1.82, 2.24) is 4.90 Å². The number of esters is 1. The lowest BCUT2D eigenvalue weighted by atomic mass is 9.96. The van der Waals surface area contributed by atoms with Crippen LogP contribution in [-0.4, -0.2) is 35.5 Å². The normalized spacial score (nSPS) is 13.7. The predicted octanol–water partition coefficient (Wildman–Crippen LogP) is 5.54. The molecule has 0 aromatic heterocycles. The number of benzene rings is 3. The average molecular weight is 487 g/mol. The van der Waals surface area contributed by atoms with Crippen LogP contribution in [0.1, 0.15) is 49.9 Å². The van der Waals surface area contributed by atoms with Crippen molar-refractivity contribution in [2.24, 2.45) is 0 Å². The largest absolute Gasteiger partial charge is 0.493 e. The molecule has 0 spiro atoms. The van der Waals surface area contributed by atoms with E-state index in [1.165, 1.54) is 0 Å². The Hall–Kier alpha value is -3.64. The highest BCUT2D eigenvalue weighted by molar-refractivity contribution is 6.00. The Labute approximate surface area is 213 Å². The summed E-state index contributed by atoms with van der Waals surface area (Å²) < 4.78 is 11.7. The van der Waals surface area contributed by atoms with E-state index in [4.69, 9.17) is 9.47 Å². The van der Waals surface area contributed by atoms with Gasteiger partial charge in [0.2, 0.25) is 5.91 Å². The molecule has 1 aliphatic rings. The van der Waals surface area contributed by atoms with Crippen molar-refractivity contribution in [3.05, 3.63) is 95.6 Å². The maximum atomic E-state index is 13.5. The molecule has 0 aliphatic carbocycles. The molecule has 0 radical (unpaired) electrons. The summed E-state index contributed by atoms with van der Waals surface area (Å²) in [4.78, 5) is 27.4. The Kier molecular flexibility index (Phi) is 8.06. The number of ether oxygens (including phenoxy) is 2. The molecule has 0 fully saturated rings. The number of hydrogen-bond acceptors (Lipinski definition) is 5. The van der Waals surface area contributed by atoms with Gasteiger partial charge in [-0.3, -0.25) is 9.69 Å². The van der Waals surface area contributed by atoms with Crippen molar-refractivity contribution in [1.29, 1.82) is 0 Å². The molecule has 1 atom stereocenters. The number of amides is 1. The molecule has 0 saturated heterocycles. The maximum Gasteiger partial charge on any atom is 0.328 e. The lowest BCUT2D eigenvalue weighted by molar-refractivity contribution is -0.153. The van der Waals surface area contributed by atoms with Gasteiger partial charge in [-0.1, -0.05) is 66.7 Å². The summed E-state index contributed by atoms with van der Waals surface area (Å²) in [5.41, 5.74) is 3.44. The van der Waals surface area contributed by atoms with E-state index >= 15 is 0 Å². The quantitative estimate of drug-likeness (QED) is 0.301. The molecular weight excluding hydrogens is 452 g/mol. The Balaban J connectivity index is 1.41. The van der Waals surface area contributed by atoms with Crippen LogP contribution in [0, 0.1) is 0 Å². The zero-order valence-corrected chi connectivity index (χ0v) is 21.2. The van der Waals surface area contributed by atoms with Crippen LogP contribution in [0.2, 0.25) is 0 Å². The molecule has 4 rings (SSSR count). The van der Waals surface area contributed by atoms with E-state index in [2.05, 4.69) is 43.1 Å². The number of carbonyl (C=O) groups is 2. The third-order valence-electron chi connectivity index (χ3n) is 6.24. The lowest BCUT2D eigenvalue weighted by Gasteiger charge is -2.40. The van der Waals surface area contributed by atoms with E-state index in [1.807, 2.05) is 66.7 Å². The molecular formula is C30H34N2O4. The first kappa shape index (κ1) is 25.5. The smallest absolute Gasteiger partial charge is 0.328 e. The van der Waals surface area contributed by atoms with E-state index in [1.54, 1.807) is 0 Å². The van der Waals surface area contributed by atoms with Crippen LogP contribution in [0.3, 0.4) is 0 Å². The highest BCUT2D eigenvalue weighted by Gasteiger charge is 2.36. The standard InChI is InChI=1S/C30H34N2O4/c1-30(2,3)32(21-22-12-6-4-7-13-22)28(23-14-8-5-9-15-23)29(34)36-19-11-18-35-26-17-10-16-25-24(26)20-27(33)31-25/h4-10,12-17,28H,11,18-21H2,1-3H3,(H,31,33). The van der Waals surface area contributed by atoms with Gasteiger partial charge in [-0.25, -0.2) is 4.79 Å². The SMILES string of the molecule is CC(C)(C)N(Cc1ccccc1)C(C(=O)OCCCOc1cccc2c1CC(=O)N2)c1ccccc1. The van der Waals surface area contributed by atoms with Gasteiger partial charge < -0.3 is 14.8 Å². The lowest BCUT2D eigenvalue weighted by Crippen LogP contribution is -2.46. The summed E-state index contributed by atoms with van der Waals surface area (Å²) in [6, 6.07) is 25.0. The van der Waals surface area contributed by atoms with Crippen LogP contribution >= 0.6 is 0 Å². The molecule has 188 valence electrons. The molecule has 1 heterocycles. The van der Waals surface area contributed by atoms with Gasteiger partial charge >= 0.3 is 5.97 Å². The number of hydrogen-bond donors (Lipinski definition) is 1. The molecule has 1 unspecified atom stereocenters. The minimum atomic E-state index is -0.540. The first-order chi connectivity index (χ1) is 17.3. The average Bonchev–Trinajstić information content (AvgIpc) is 3.25. The van der Waals surface area contributed by atoms with Gasteiger partial charge in [0, 0.05) is 29.8 Å². The van der Waals surface area contributed by atoms with Gasteiger partial charge in [0.15, 0.2) is 0 Å². The van der Waals surface area contributed by atoms with Gasteiger partial charge in [-0.15, -0.1) is 0 Å². The van der Waals surface area contributed by atoms with E-state index in [9.17, 15) is 9.59 Å². The fraction of sp³-hybridized carbons (Fsp3) is 0.333. The molecule has 0 bridgehead atoms. The van der Waals surface area contributed by atoms with Gasteiger partial charge in [0.25, 0.3) is 0 Å². The molecule has 1 amide bonds. The molecule has 6 nitrogen and oxygen atoms in total. The van der Waals surface area contributed by atoms with Gasteiger partial charge in [-0.05, 0) is 44.0 Å².